The van der Waals surface area contributed by atoms with E-state index in [4.69, 9.17) is 0 Å². The van der Waals surface area contributed by atoms with Crippen molar-refractivity contribution in [3.8, 4) is 0 Å². The lowest BCUT2D eigenvalue weighted by Crippen LogP contribution is -2.49. The number of halogens is 1. The van der Waals surface area contributed by atoms with E-state index in [0.29, 0.717) is 24.3 Å². The Labute approximate surface area is 149 Å². The molecule has 1 saturated carbocycles. The molecule has 2 aliphatic rings. The van der Waals surface area contributed by atoms with Gasteiger partial charge in [0.2, 0.25) is 0 Å². The number of nitrogens with one attached hydrogen (secondary N) is 1. The van der Waals surface area contributed by atoms with E-state index in [1.165, 1.54) is 0 Å². The van der Waals surface area contributed by atoms with E-state index < -0.39 is 11.6 Å². The van der Waals surface area contributed by atoms with Gasteiger partial charge in [0, 0.05) is 10.0 Å². The molecule has 1 saturated heterocycles. The van der Waals surface area contributed by atoms with Crippen molar-refractivity contribution in [2.75, 3.05) is 6.54 Å². The Kier molecular flexibility index (Phi) is 4.76. The largest absolute Gasteiger partial charge is 0.325 e. The summed E-state index contributed by atoms with van der Waals surface area (Å²) in [4.78, 5) is 38.6. The third-order valence-electron chi connectivity index (χ3n) is 5.23. The lowest BCUT2D eigenvalue weighted by atomic mass is 9.75. The summed E-state index contributed by atoms with van der Waals surface area (Å²) in [7, 11) is 0. The molecule has 1 aliphatic heterocycles. The molecule has 1 aliphatic carbocycles. The van der Waals surface area contributed by atoms with Crippen molar-refractivity contribution >= 4 is 33.7 Å². The van der Waals surface area contributed by atoms with Crippen LogP contribution in [0.15, 0.2) is 28.7 Å². The predicted molar refractivity (Wildman–Crippen MR) is 93.7 cm³/mol. The summed E-state index contributed by atoms with van der Waals surface area (Å²) in [5.74, 6) is 0.141. The van der Waals surface area contributed by atoms with Crippen LogP contribution >= 0.6 is 15.9 Å². The van der Waals surface area contributed by atoms with Crippen LogP contribution < -0.4 is 5.32 Å². The number of carbonyl (C=O) groups is 3. The number of urea groups is 1. The Morgan fingerprint density at radius 3 is 2.67 bits per heavy atom. The second-order valence-corrected chi connectivity index (χ2v) is 7.60. The maximum Gasteiger partial charge on any atom is 0.325 e. The van der Waals surface area contributed by atoms with Gasteiger partial charge < -0.3 is 5.32 Å². The molecule has 1 spiro atoms. The maximum atomic E-state index is 12.8. The highest BCUT2D eigenvalue weighted by molar-refractivity contribution is 9.10. The van der Waals surface area contributed by atoms with Gasteiger partial charge in [-0.05, 0) is 43.7 Å². The summed E-state index contributed by atoms with van der Waals surface area (Å²) in [5.41, 5.74) is -0.305. The highest BCUT2D eigenvalue weighted by atomic mass is 79.9. The second kappa shape index (κ2) is 6.67. The van der Waals surface area contributed by atoms with Crippen LogP contribution in [0.2, 0.25) is 0 Å². The lowest BCUT2D eigenvalue weighted by Gasteiger charge is -2.34. The Morgan fingerprint density at radius 1 is 1.33 bits per heavy atom. The van der Waals surface area contributed by atoms with Crippen LogP contribution in [0.4, 0.5) is 4.79 Å². The fourth-order valence-electron chi connectivity index (χ4n) is 3.63. The van der Waals surface area contributed by atoms with Crippen LogP contribution in [-0.2, 0) is 4.79 Å². The van der Waals surface area contributed by atoms with Gasteiger partial charge in [-0.1, -0.05) is 41.4 Å². The minimum Gasteiger partial charge on any atom is -0.323 e. The molecule has 1 N–H and O–H groups in total. The summed E-state index contributed by atoms with van der Waals surface area (Å²) in [5, 5.41) is 2.86. The zero-order chi connectivity index (χ0) is 17.3. The molecule has 2 fully saturated rings. The molecule has 24 heavy (non-hydrogen) atoms. The molecule has 0 atom stereocenters. The molecule has 0 bridgehead atoms. The van der Waals surface area contributed by atoms with Crippen molar-refractivity contribution in [3.05, 3.63) is 34.3 Å². The van der Waals surface area contributed by atoms with Gasteiger partial charge >= 0.3 is 6.03 Å². The molecule has 1 aromatic carbocycles. The molecule has 0 unspecified atom stereocenters. The molecule has 3 amide bonds. The van der Waals surface area contributed by atoms with Crippen LogP contribution in [0.3, 0.4) is 0 Å². The minimum atomic E-state index is -0.791. The van der Waals surface area contributed by atoms with E-state index >= 15 is 0 Å². The third-order valence-corrected chi connectivity index (χ3v) is 5.72. The molecular weight excluding hydrogens is 372 g/mol. The first-order chi connectivity index (χ1) is 11.4. The highest BCUT2D eigenvalue weighted by Crippen LogP contribution is 2.37. The average Bonchev–Trinajstić information content (AvgIpc) is 2.80. The van der Waals surface area contributed by atoms with Crippen LogP contribution in [0.1, 0.15) is 49.4 Å². The van der Waals surface area contributed by atoms with E-state index in [1.807, 2.05) is 6.07 Å². The topological polar surface area (TPSA) is 66.5 Å². The number of ketones is 1. The maximum absolute atomic E-state index is 12.8. The minimum absolute atomic E-state index is 0.208. The van der Waals surface area contributed by atoms with E-state index in [0.717, 1.165) is 28.6 Å². The molecule has 1 aromatic rings. The first kappa shape index (κ1) is 17.1. The fourth-order valence-corrected chi connectivity index (χ4v) is 4.03. The van der Waals surface area contributed by atoms with Gasteiger partial charge in [-0.15, -0.1) is 0 Å². The summed E-state index contributed by atoms with van der Waals surface area (Å²) < 4.78 is 0.792. The molecule has 6 heteroatoms. The van der Waals surface area contributed by atoms with Crippen molar-refractivity contribution in [2.24, 2.45) is 5.92 Å². The number of hydrogen-bond donors (Lipinski definition) is 1. The summed E-state index contributed by atoms with van der Waals surface area (Å²) in [6.07, 6.45) is 4.31. The summed E-state index contributed by atoms with van der Waals surface area (Å²) in [6, 6.07) is 6.53. The molecule has 0 aromatic heterocycles. The average molecular weight is 393 g/mol. The third kappa shape index (κ3) is 3.11. The van der Waals surface area contributed by atoms with E-state index in [-0.39, 0.29) is 18.2 Å². The van der Waals surface area contributed by atoms with Crippen LogP contribution in [0, 0.1) is 5.92 Å². The number of benzene rings is 1. The Hall–Kier alpha value is -1.69. The van der Waals surface area contributed by atoms with Gasteiger partial charge in [0.05, 0.1) is 6.54 Å². The lowest BCUT2D eigenvalue weighted by molar-refractivity contribution is -0.132. The van der Waals surface area contributed by atoms with Crippen molar-refractivity contribution in [1.82, 2.24) is 10.2 Å². The Morgan fingerprint density at radius 2 is 2.04 bits per heavy atom. The number of amides is 3. The van der Waals surface area contributed by atoms with E-state index in [2.05, 4.69) is 28.2 Å². The summed E-state index contributed by atoms with van der Waals surface area (Å²) in [6.45, 7) is 1.95. The number of hydrogen-bond acceptors (Lipinski definition) is 3. The fraction of sp³-hybridized carbons (Fsp3) is 0.500. The first-order valence-corrected chi connectivity index (χ1v) is 9.17. The molecule has 5 nitrogen and oxygen atoms in total. The van der Waals surface area contributed by atoms with Crippen molar-refractivity contribution in [2.45, 2.75) is 44.6 Å². The summed E-state index contributed by atoms with van der Waals surface area (Å²) >= 11 is 3.32. The smallest absolute Gasteiger partial charge is 0.323 e. The van der Waals surface area contributed by atoms with Crippen molar-refractivity contribution in [1.29, 1.82) is 0 Å². The molecule has 3 rings (SSSR count). The van der Waals surface area contributed by atoms with Gasteiger partial charge in [-0.3, -0.25) is 14.5 Å². The number of imide groups is 1. The monoisotopic (exact) mass is 392 g/mol. The standard InChI is InChI=1S/C18H21BrN2O3/c1-2-12-6-8-18(9-7-12)16(23)21(17(24)20-18)11-15(22)13-4-3-5-14(19)10-13/h3-5,10,12H,2,6-9,11H2,1H3,(H,20,24). The van der Waals surface area contributed by atoms with Gasteiger partial charge in [0.25, 0.3) is 5.91 Å². The van der Waals surface area contributed by atoms with Crippen LogP contribution in [0.5, 0.6) is 0 Å². The van der Waals surface area contributed by atoms with Crippen molar-refractivity contribution in [3.63, 3.8) is 0 Å². The Balaban J connectivity index is 1.72. The van der Waals surface area contributed by atoms with Crippen LogP contribution in [-0.4, -0.2) is 34.7 Å². The second-order valence-electron chi connectivity index (χ2n) is 6.69. The molecule has 0 radical (unpaired) electrons. The van der Waals surface area contributed by atoms with Gasteiger partial charge in [0.15, 0.2) is 5.78 Å². The van der Waals surface area contributed by atoms with Crippen LogP contribution in [0.25, 0.3) is 0 Å². The Bertz CT molecular complexity index is 681. The van der Waals surface area contributed by atoms with Gasteiger partial charge in [0.1, 0.15) is 5.54 Å². The molecule has 1 heterocycles. The zero-order valence-corrected chi connectivity index (χ0v) is 15.3. The number of nitrogens with zero attached hydrogens (tertiary/aromatic N) is 1. The van der Waals surface area contributed by atoms with Gasteiger partial charge in [-0.2, -0.15) is 0 Å². The zero-order valence-electron chi connectivity index (χ0n) is 13.7. The quantitative estimate of drug-likeness (QED) is 0.629. The predicted octanol–water partition coefficient (Wildman–Crippen LogP) is 3.52. The first-order valence-electron chi connectivity index (χ1n) is 8.38. The van der Waals surface area contributed by atoms with Gasteiger partial charge in [-0.25, -0.2) is 4.79 Å². The van der Waals surface area contributed by atoms with E-state index in [1.54, 1.807) is 18.2 Å². The number of carbonyl (C=O) groups excluding carboxylic acids is 3. The number of rotatable bonds is 4. The normalized spacial score (nSPS) is 26.8. The highest BCUT2D eigenvalue weighted by Gasteiger charge is 2.52. The number of Topliss-reactive ketones (excluding diaryl/α,β-unsaturated/α-hetero) is 1. The van der Waals surface area contributed by atoms with E-state index in [9.17, 15) is 14.4 Å². The SMILES string of the molecule is CCC1CCC2(CC1)NC(=O)N(CC(=O)c1cccc(Br)c1)C2=O. The molecule has 128 valence electrons. The van der Waals surface area contributed by atoms with Crippen molar-refractivity contribution < 1.29 is 14.4 Å². The molecular formula is C18H21BrN2O3.